The number of rotatable bonds is 3. The number of halogens is 2. The van der Waals surface area contributed by atoms with Gasteiger partial charge < -0.3 is 15.6 Å². The Morgan fingerprint density at radius 1 is 1.56 bits per heavy atom. The summed E-state index contributed by atoms with van der Waals surface area (Å²) in [4.78, 5) is 11.6. The summed E-state index contributed by atoms with van der Waals surface area (Å²) in [5, 5.41) is 9.74. The number of carbonyl (C=O) groups is 1. The van der Waals surface area contributed by atoms with E-state index in [4.69, 9.17) is 17.3 Å². The van der Waals surface area contributed by atoms with E-state index >= 15 is 0 Å². The Bertz CT molecular complexity index is 477. The zero-order valence-electron chi connectivity index (χ0n) is 10.3. The van der Waals surface area contributed by atoms with Crippen molar-refractivity contribution in [3.63, 3.8) is 0 Å². The molecular weight excluding hydrogens is 261 g/mol. The summed E-state index contributed by atoms with van der Waals surface area (Å²) in [6.45, 7) is 3.09. The van der Waals surface area contributed by atoms with Gasteiger partial charge in [-0.05, 0) is 26.0 Å². The Balaban J connectivity index is 3.26. The molecule has 0 aromatic heterocycles. The first kappa shape index (κ1) is 14.7. The van der Waals surface area contributed by atoms with Crippen LogP contribution in [0.1, 0.15) is 25.5 Å². The highest BCUT2D eigenvalue weighted by molar-refractivity contribution is 6.30. The lowest BCUT2D eigenvalue weighted by Gasteiger charge is -2.29. The molecule has 100 valence electrons. The molecule has 1 aromatic carbocycles. The molecular formula is C12H15ClFNO3. The van der Waals surface area contributed by atoms with Gasteiger partial charge in [0.1, 0.15) is 0 Å². The van der Waals surface area contributed by atoms with Crippen molar-refractivity contribution in [2.45, 2.75) is 19.9 Å². The number of esters is 1. The summed E-state index contributed by atoms with van der Waals surface area (Å²) < 4.78 is 18.0. The first-order valence-corrected chi connectivity index (χ1v) is 5.61. The number of benzene rings is 1. The van der Waals surface area contributed by atoms with Crippen molar-refractivity contribution in [3.05, 3.63) is 28.5 Å². The summed E-state index contributed by atoms with van der Waals surface area (Å²) in [6.07, 6.45) is 0. The van der Waals surface area contributed by atoms with E-state index < -0.39 is 29.0 Å². The maximum atomic E-state index is 13.4. The number of phenolic OH excluding ortho intramolecular Hbond substituents is 1. The SMILES string of the molecule is COC(=O)C(C)(C)[C@@H](N)c1cc(Cl)cc(F)c1O. The molecule has 1 aromatic rings. The largest absolute Gasteiger partial charge is 0.505 e. The van der Waals surface area contributed by atoms with E-state index in [1.54, 1.807) is 13.8 Å². The monoisotopic (exact) mass is 275 g/mol. The van der Waals surface area contributed by atoms with Crippen molar-refractivity contribution >= 4 is 17.6 Å². The van der Waals surface area contributed by atoms with Gasteiger partial charge in [-0.3, -0.25) is 4.79 Å². The molecule has 18 heavy (non-hydrogen) atoms. The highest BCUT2D eigenvalue weighted by Crippen LogP contribution is 2.38. The van der Waals surface area contributed by atoms with Gasteiger partial charge in [-0.1, -0.05) is 11.6 Å². The molecule has 0 radical (unpaired) electrons. The summed E-state index contributed by atoms with van der Waals surface area (Å²) in [5.74, 6) is -2.05. The summed E-state index contributed by atoms with van der Waals surface area (Å²) in [6, 6.07) is 1.35. The predicted molar refractivity (Wildman–Crippen MR) is 65.8 cm³/mol. The van der Waals surface area contributed by atoms with E-state index in [1.165, 1.54) is 13.2 Å². The lowest BCUT2D eigenvalue weighted by molar-refractivity contribution is -0.152. The van der Waals surface area contributed by atoms with Crippen LogP contribution in [0.5, 0.6) is 5.75 Å². The van der Waals surface area contributed by atoms with E-state index in [1.807, 2.05) is 0 Å². The van der Waals surface area contributed by atoms with Gasteiger partial charge in [0.15, 0.2) is 11.6 Å². The summed E-state index contributed by atoms with van der Waals surface area (Å²) in [7, 11) is 1.23. The number of aromatic hydroxyl groups is 1. The minimum absolute atomic E-state index is 0.0652. The van der Waals surface area contributed by atoms with E-state index in [0.29, 0.717) is 0 Å². The first-order valence-electron chi connectivity index (χ1n) is 5.23. The average molecular weight is 276 g/mol. The van der Waals surface area contributed by atoms with Gasteiger partial charge in [0.05, 0.1) is 12.5 Å². The van der Waals surface area contributed by atoms with Gasteiger partial charge in [0.2, 0.25) is 0 Å². The van der Waals surface area contributed by atoms with Gasteiger partial charge in [-0.2, -0.15) is 0 Å². The zero-order valence-corrected chi connectivity index (χ0v) is 11.1. The minimum Gasteiger partial charge on any atom is -0.505 e. The number of hydrogen-bond acceptors (Lipinski definition) is 4. The molecule has 0 aliphatic carbocycles. The maximum absolute atomic E-state index is 13.4. The van der Waals surface area contributed by atoms with Crippen LogP contribution >= 0.6 is 11.6 Å². The molecule has 0 bridgehead atoms. The molecule has 0 aliphatic heterocycles. The van der Waals surface area contributed by atoms with Crippen molar-refractivity contribution in [1.29, 1.82) is 0 Å². The van der Waals surface area contributed by atoms with Crippen LogP contribution in [-0.4, -0.2) is 18.2 Å². The summed E-state index contributed by atoms with van der Waals surface area (Å²) in [5.41, 5.74) is 4.85. The van der Waals surface area contributed by atoms with E-state index in [-0.39, 0.29) is 10.6 Å². The fourth-order valence-electron chi connectivity index (χ4n) is 1.60. The van der Waals surface area contributed by atoms with Crippen LogP contribution in [0.2, 0.25) is 5.02 Å². The van der Waals surface area contributed by atoms with E-state index in [9.17, 15) is 14.3 Å². The number of hydrogen-bond donors (Lipinski definition) is 2. The second kappa shape index (κ2) is 5.12. The van der Waals surface area contributed by atoms with Crippen molar-refractivity contribution in [2.24, 2.45) is 11.1 Å². The number of carbonyl (C=O) groups excluding carboxylic acids is 1. The lowest BCUT2D eigenvalue weighted by atomic mass is 9.80. The topological polar surface area (TPSA) is 72.5 Å². The Labute approximate surface area is 109 Å². The van der Waals surface area contributed by atoms with Gasteiger partial charge in [-0.25, -0.2) is 4.39 Å². The maximum Gasteiger partial charge on any atom is 0.313 e. The number of phenols is 1. The number of nitrogens with two attached hydrogens (primary N) is 1. The van der Waals surface area contributed by atoms with Gasteiger partial charge in [0.25, 0.3) is 0 Å². The van der Waals surface area contributed by atoms with Gasteiger partial charge in [-0.15, -0.1) is 0 Å². The second-order valence-electron chi connectivity index (χ2n) is 4.52. The molecule has 0 fully saturated rings. The second-order valence-corrected chi connectivity index (χ2v) is 4.95. The van der Waals surface area contributed by atoms with Crippen LogP contribution in [0, 0.1) is 11.2 Å². The molecule has 0 saturated heterocycles. The average Bonchev–Trinajstić information content (AvgIpc) is 2.31. The van der Waals surface area contributed by atoms with Crippen LogP contribution in [0.25, 0.3) is 0 Å². The zero-order chi connectivity index (χ0) is 14.1. The third-order valence-corrected chi connectivity index (χ3v) is 3.10. The van der Waals surface area contributed by atoms with Crippen LogP contribution in [0.3, 0.4) is 0 Å². The fraction of sp³-hybridized carbons (Fsp3) is 0.417. The molecule has 0 saturated carbocycles. The molecule has 0 heterocycles. The predicted octanol–water partition coefficient (Wildman–Crippen LogP) is 2.38. The number of methoxy groups -OCH3 is 1. The van der Waals surface area contributed by atoms with E-state index in [2.05, 4.69) is 4.74 Å². The van der Waals surface area contributed by atoms with E-state index in [0.717, 1.165) is 6.07 Å². The van der Waals surface area contributed by atoms with Crippen molar-refractivity contribution in [1.82, 2.24) is 0 Å². The smallest absolute Gasteiger partial charge is 0.313 e. The molecule has 0 spiro atoms. The highest BCUT2D eigenvalue weighted by Gasteiger charge is 2.38. The normalized spacial score (nSPS) is 13.2. The molecule has 1 rings (SSSR count). The highest BCUT2D eigenvalue weighted by atomic mass is 35.5. The number of ether oxygens (including phenoxy) is 1. The van der Waals surface area contributed by atoms with Crippen LogP contribution in [-0.2, 0) is 9.53 Å². The molecule has 1 atom stereocenters. The quantitative estimate of drug-likeness (QED) is 0.831. The Morgan fingerprint density at radius 2 is 2.11 bits per heavy atom. The molecule has 0 unspecified atom stereocenters. The van der Waals surface area contributed by atoms with Gasteiger partial charge >= 0.3 is 5.97 Å². The molecule has 0 aliphatic rings. The first-order chi connectivity index (χ1) is 8.21. The fourth-order valence-corrected chi connectivity index (χ4v) is 1.82. The Hall–Kier alpha value is -1.33. The van der Waals surface area contributed by atoms with Gasteiger partial charge in [0, 0.05) is 16.6 Å². The van der Waals surface area contributed by atoms with Crippen LogP contribution < -0.4 is 5.73 Å². The standard InChI is InChI=1S/C12H15ClFNO3/c1-12(2,11(17)18-3)10(15)7-4-6(13)5-8(14)9(7)16/h4-5,10,16H,15H2,1-3H3/t10-/m0/s1. The third-order valence-electron chi connectivity index (χ3n) is 2.88. The third kappa shape index (κ3) is 2.57. The van der Waals surface area contributed by atoms with Crippen LogP contribution in [0.4, 0.5) is 4.39 Å². The molecule has 0 amide bonds. The summed E-state index contributed by atoms with van der Waals surface area (Å²) >= 11 is 5.71. The Morgan fingerprint density at radius 3 is 2.61 bits per heavy atom. The van der Waals surface area contributed by atoms with Crippen molar-refractivity contribution in [2.75, 3.05) is 7.11 Å². The molecule has 6 heteroatoms. The Kier molecular flexibility index (Phi) is 4.19. The van der Waals surface area contributed by atoms with Crippen LogP contribution in [0.15, 0.2) is 12.1 Å². The minimum atomic E-state index is -1.12. The van der Waals surface area contributed by atoms with Crippen molar-refractivity contribution in [3.8, 4) is 5.75 Å². The molecule has 3 N–H and O–H groups in total. The lowest BCUT2D eigenvalue weighted by Crippen LogP contribution is -2.37. The molecule has 4 nitrogen and oxygen atoms in total. The van der Waals surface area contributed by atoms with Crippen molar-refractivity contribution < 1.29 is 19.0 Å².